The van der Waals surface area contributed by atoms with Crippen LogP contribution in [0, 0.1) is 0 Å². The summed E-state index contributed by atoms with van der Waals surface area (Å²) in [5.41, 5.74) is 0.222. The van der Waals surface area contributed by atoms with Crippen molar-refractivity contribution in [2.75, 3.05) is 13.2 Å². The van der Waals surface area contributed by atoms with Crippen LogP contribution in [0.3, 0.4) is 0 Å². The van der Waals surface area contributed by atoms with Crippen LogP contribution in [0.1, 0.15) is 44.6 Å². The van der Waals surface area contributed by atoms with Crippen molar-refractivity contribution >= 4 is 23.2 Å². The third-order valence-corrected chi connectivity index (χ3v) is 4.35. The zero-order valence-electron chi connectivity index (χ0n) is 12.4. The Kier molecular flexibility index (Phi) is 6.18. The molecule has 1 aromatic rings. The van der Waals surface area contributed by atoms with Gasteiger partial charge in [0.1, 0.15) is 12.4 Å². The van der Waals surface area contributed by atoms with Crippen molar-refractivity contribution in [3.05, 3.63) is 27.7 Å². The highest BCUT2D eigenvalue weighted by molar-refractivity contribution is 6.35. The maximum absolute atomic E-state index is 10.4. The molecule has 1 aromatic carbocycles. The summed E-state index contributed by atoms with van der Waals surface area (Å²) in [4.78, 5) is 0. The maximum atomic E-state index is 10.4. The van der Waals surface area contributed by atoms with Gasteiger partial charge in [-0.25, -0.2) is 0 Å². The number of benzene rings is 1. The molecule has 0 aromatic heterocycles. The van der Waals surface area contributed by atoms with Crippen LogP contribution in [0.2, 0.25) is 10.0 Å². The first-order valence-electron chi connectivity index (χ1n) is 7.58. The average molecular weight is 332 g/mol. The van der Waals surface area contributed by atoms with Crippen LogP contribution in [-0.4, -0.2) is 23.9 Å². The first-order valence-corrected chi connectivity index (χ1v) is 8.33. The van der Waals surface area contributed by atoms with E-state index in [1.165, 1.54) is 0 Å². The molecule has 0 unspecified atom stereocenters. The van der Waals surface area contributed by atoms with Gasteiger partial charge in [-0.3, -0.25) is 0 Å². The summed E-state index contributed by atoms with van der Waals surface area (Å²) < 4.78 is 5.86. The van der Waals surface area contributed by atoms with Gasteiger partial charge in [-0.1, -0.05) is 43.0 Å². The minimum atomic E-state index is -0.711. The Labute approximate surface area is 136 Å². The first-order chi connectivity index (χ1) is 10.0. The summed E-state index contributed by atoms with van der Waals surface area (Å²) in [5, 5.41) is 14.8. The number of rotatable bonds is 7. The van der Waals surface area contributed by atoms with Gasteiger partial charge in [-0.15, -0.1) is 0 Å². The SMILES string of the molecule is CCCNCc1cc(Cl)cc(Cl)c1OCC1(O)CCCC1. The van der Waals surface area contributed by atoms with E-state index in [-0.39, 0.29) is 6.61 Å². The molecule has 0 aliphatic heterocycles. The first kappa shape index (κ1) is 16.9. The van der Waals surface area contributed by atoms with E-state index in [1.54, 1.807) is 6.07 Å². The molecule has 0 bridgehead atoms. The second-order valence-electron chi connectivity index (χ2n) is 5.77. The number of aliphatic hydroxyl groups is 1. The standard InChI is InChI=1S/C16H23Cl2NO2/c1-2-7-19-10-12-8-13(17)9-14(18)15(12)21-11-16(20)5-3-4-6-16/h8-9,19-20H,2-7,10-11H2,1H3. The molecule has 0 amide bonds. The van der Waals surface area contributed by atoms with E-state index in [0.717, 1.165) is 44.2 Å². The van der Waals surface area contributed by atoms with Crippen LogP contribution in [0.5, 0.6) is 5.75 Å². The van der Waals surface area contributed by atoms with Gasteiger partial charge in [0, 0.05) is 17.1 Å². The highest BCUT2D eigenvalue weighted by atomic mass is 35.5. The van der Waals surface area contributed by atoms with E-state index < -0.39 is 5.60 Å². The van der Waals surface area contributed by atoms with Crippen molar-refractivity contribution in [2.24, 2.45) is 0 Å². The number of hydrogen-bond acceptors (Lipinski definition) is 3. The van der Waals surface area contributed by atoms with E-state index in [1.807, 2.05) is 6.07 Å². The van der Waals surface area contributed by atoms with Crippen molar-refractivity contribution < 1.29 is 9.84 Å². The summed E-state index contributed by atoms with van der Waals surface area (Å²) >= 11 is 12.3. The molecule has 1 saturated carbocycles. The fraction of sp³-hybridized carbons (Fsp3) is 0.625. The van der Waals surface area contributed by atoms with Crippen LogP contribution in [-0.2, 0) is 6.54 Å². The molecule has 3 nitrogen and oxygen atoms in total. The van der Waals surface area contributed by atoms with Crippen molar-refractivity contribution in [1.82, 2.24) is 5.32 Å². The van der Waals surface area contributed by atoms with E-state index in [4.69, 9.17) is 27.9 Å². The molecular formula is C16H23Cl2NO2. The van der Waals surface area contributed by atoms with Gasteiger partial charge in [0.15, 0.2) is 0 Å². The molecule has 0 radical (unpaired) electrons. The summed E-state index contributed by atoms with van der Waals surface area (Å²) in [7, 11) is 0. The van der Waals surface area contributed by atoms with Crippen LogP contribution >= 0.6 is 23.2 Å². The molecule has 5 heteroatoms. The quantitative estimate of drug-likeness (QED) is 0.736. The van der Waals surface area contributed by atoms with Crippen LogP contribution in [0.25, 0.3) is 0 Å². The minimum Gasteiger partial charge on any atom is -0.489 e. The van der Waals surface area contributed by atoms with Crippen molar-refractivity contribution in [2.45, 2.75) is 51.2 Å². The van der Waals surface area contributed by atoms with Crippen molar-refractivity contribution in [1.29, 1.82) is 0 Å². The zero-order valence-corrected chi connectivity index (χ0v) is 13.9. The third kappa shape index (κ3) is 4.75. The summed E-state index contributed by atoms with van der Waals surface area (Å²) in [6.45, 7) is 3.98. The van der Waals surface area contributed by atoms with Gasteiger partial charge in [-0.05, 0) is 37.9 Å². The lowest BCUT2D eigenvalue weighted by molar-refractivity contribution is 0.00115. The second-order valence-corrected chi connectivity index (χ2v) is 6.62. The zero-order chi connectivity index (χ0) is 15.3. The largest absolute Gasteiger partial charge is 0.489 e. The predicted octanol–water partition coefficient (Wildman–Crippen LogP) is 4.18. The Bertz CT molecular complexity index is 474. The van der Waals surface area contributed by atoms with Gasteiger partial charge in [0.2, 0.25) is 0 Å². The van der Waals surface area contributed by atoms with Gasteiger partial charge in [0.05, 0.1) is 10.6 Å². The normalized spacial score (nSPS) is 17.1. The molecule has 118 valence electrons. The maximum Gasteiger partial charge on any atom is 0.142 e. The Balaban J connectivity index is 2.08. The number of nitrogens with one attached hydrogen (secondary N) is 1. The van der Waals surface area contributed by atoms with E-state index in [2.05, 4.69) is 12.2 Å². The molecule has 0 spiro atoms. The van der Waals surface area contributed by atoms with Crippen LogP contribution in [0.15, 0.2) is 12.1 Å². The molecule has 2 rings (SSSR count). The Morgan fingerprint density at radius 3 is 2.67 bits per heavy atom. The fourth-order valence-electron chi connectivity index (χ4n) is 2.69. The van der Waals surface area contributed by atoms with E-state index >= 15 is 0 Å². The Morgan fingerprint density at radius 2 is 2.00 bits per heavy atom. The van der Waals surface area contributed by atoms with Gasteiger partial charge in [-0.2, -0.15) is 0 Å². The van der Waals surface area contributed by atoms with Crippen LogP contribution < -0.4 is 10.1 Å². The van der Waals surface area contributed by atoms with Crippen LogP contribution in [0.4, 0.5) is 0 Å². The number of hydrogen-bond donors (Lipinski definition) is 2. The smallest absolute Gasteiger partial charge is 0.142 e. The van der Waals surface area contributed by atoms with Crippen molar-refractivity contribution in [3.8, 4) is 5.75 Å². The average Bonchev–Trinajstić information content (AvgIpc) is 2.85. The van der Waals surface area contributed by atoms with Gasteiger partial charge < -0.3 is 15.2 Å². The van der Waals surface area contributed by atoms with Gasteiger partial charge >= 0.3 is 0 Å². The molecule has 2 N–H and O–H groups in total. The summed E-state index contributed by atoms with van der Waals surface area (Å²) in [6.07, 6.45) is 4.76. The van der Waals surface area contributed by atoms with Crippen molar-refractivity contribution in [3.63, 3.8) is 0 Å². The minimum absolute atomic E-state index is 0.287. The van der Waals surface area contributed by atoms with E-state index in [0.29, 0.717) is 22.3 Å². The molecule has 1 aliphatic carbocycles. The predicted molar refractivity (Wildman–Crippen MR) is 87.4 cm³/mol. The summed E-state index contributed by atoms with van der Waals surface area (Å²) in [5.74, 6) is 0.630. The van der Waals surface area contributed by atoms with Gasteiger partial charge in [0.25, 0.3) is 0 Å². The lowest BCUT2D eigenvalue weighted by Crippen LogP contribution is -2.32. The monoisotopic (exact) mass is 331 g/mol. The topological polar surface area (TPSA) is 41.5 Å². The molecular weight excluding hydrogens is 309 g/mol. The fourth-order valence-corrected chi connectivity index (χ4v) is 3.28. The molecule has 21 heavy (non-hydrogen) atoms. The number of ether oxygens (including phenoxy) is 1. The highest BCUT2D eigenvalue weighted by Gasteiger charge is 2.32. The Morgan fingerprint density at radius 1 is 1.29 bits per heavy atom. The lowest BCUT2D eigenvalue weighted by atomic mass is 10.0. The molecule has 1 aliphatic rings. The molecule has 0 heterocycles. The summed E-state index contributed by atoms with van der Waals surface area (Å²) in [6, 6.07) is 3.55. The molecule has 0 saturated heterocycles. The third-order valence-electron chi connectivity index (χ3n) is 3.85. The van der Waals surface area contributed by atoms with E-state index in [9.17, 15) is 5.11 Å². The number of halogens is 2. The molecule has 1 fully saturated rings. The second kappa shape index (κ2) is 7.68. The lowest BCUT2D eigenvalue weighted by Gasteiger charge is -2.24. The Hall–Kier alpha value is -0.480. The highest BCUT2D eigenvalue weighted by Crippen LogP contribution is 2.35. The molecule has 0 atom stereocenters.